The van der Waals surface area contributed by atoms with E-state index in [0.717, 1.165) is 18.8 Å². The molecule has 30 heavy (non-hydrogen) atoms. The molecule has 1 aliphatic rings. The van der Waals surface area contributed by atoms with E-state index in [1.807, 2.05) is 24.3 Å². The standard InChI is InChI=1S/C22H26ClN3O4/c1-14(30-22(28)17-12-18(23)19(24)13-20(17)29-2)21(27)25-15-6-8-16(9-7-15)26-10-4-3-5-11-26/h6-9,12-14H,3-5,10-11,24H2,1-2H3,(H,25,27)/t14-/m0/s1. The van der Waals surface area contributed by atoms with Gasteiger partial charge in [0.15, 0.2) is 6.10 Å². The van der Waals surface area contributed by atoms with Gasteiger partial charge in [-0.05, 0) is 56.5 Å². The highest BCUT2D eigenvalue weighted by molar-refractivity contribution is 6.33. The van der Waals surface area contributed by atoms with Crippen molar-refractivity contribution in [2.75, 3.05) is 36.1 Å². The Bertz CT molecular complexity index is 911. The Kier molecular flexibility index (Phi) is 7.05. The molecule has 0 aliphatic carbocycles. The topological polar surface area (TPSA) is 93.9 Å². The lowest BCUT2D eigenvalue weighted by Crippen LogP contribution is -2.30. The first-order valence-electron chi connectivity index (χ1n) is 9.89. The molecule has 8 heteroatoms. The number of methoxy groups -OCH3 is 1. The fourth-order valence-electron chi connectivity index (χ4n) is 3.33. The van der Waals surface area contributed by atoms with Crippen LogP contribution < -0.4 is 20.7 Å². The lowest BCUT2D eigenvalue weighted by Gasteiger charge is -2.28. The summed E-state index contributed by atoms with van der Waals surface area (Å²) in [5.41, 5.74) is 7.88. The van der Waals surface area contributed by atoms with E-state index in [-0.39, 0.29) is 22.0 Å². The minimum absolute atomic E-state index is 0.0993. The summed E-state index contributed by atoms with van der Waals surface area (Å²) in [6, 6.07) is 10.5. The summed E-state index contributed by atoms with van der Waals surface area (Å²) >= 11 is 5.99. The maximum atomic E-state index is 12.5. The Morgan fingerprint density at radius 2 is 1.80 bits per heavy atom. The third-order valence-corrected chi connectivity index (χ3v) is 5.38. The van der Waals surface area contributed by atoms with Crippen LogP contribution in [0.2, 0.25) is 5.02 Å². The molecular formula is C22H26ClN3O4. The molecule has 2 aromatic rings. The van der Waals surface area contributed by atoms with Crippen molar-refractivity contribution in [3.8, 4) is 5.75 Å². The zero-order chi connectivity index (χ0) is 21.7. The van der Waals surface area contributed by atoms with Crippen molar-refractivity contribution in [2.45, 2.75) is 32.3 Å². The summed E-state index contributed by atoms with van der Waals surface area (Å²) < 4.78 is 10.4. The molecule has 1 heterocycles. The number of amides is 1. The summed E-state index contributed by atoms with van der Waals surface area (Å²) in [5, 5.41) is 2.97. The molecule has 1 aliphatic heterocycles. The minimum Gasteiger partial charge on any atom is -0.496 e. The number of hydrogen-bond donors (Lipinski definition) is 2. The second-order valence-corrected chi connectivity index (χ2v) is 7.61. The Morgan fingerprint density at radius 1 is 1.13 bits per heavy atom. The smallest absolute Gasteiger partial charge is 0.342 e. The first-order valence-corrected chi connectivity index (χ1v) is 10.3. The number of nitrogens with one attached hydrogen (secondary N) is 1. The number of hydrogen-bond acceptors (Lipinski definition) is 6. The number of ether oxygens (including phenoxy) is 2. The predicted octanol–water partition coefficient (Wildman–Crippen LogP) is 4.11. The van der Waals surface area contributed by atoms with Crippen LogP contribution in [0.5, 0.6) is 5.75 Å². The number of rotatable bonds is 6. The number of nitrogen functional groups attached to an aromatic ring is 1. The first kappa shape index (κ1) is 21.8. The van der Waals surface area contributed by atoms with Gasteiger partial charge in [0, 0.05) is 30.5 Å². The number of esters is 1. The molecule has 2 aromatic carbocycles. The summed E-state index contributed by atoms with van der Waals surface area (Å²) in [7, 11) is 1.41. The van der Waals surface area contributed by atoms with Crippen LogP contribution in [-0.2, 0) is 9.53 Å². The van der Waals surface area contributed by atoms with Gasteiger partial charge in [0.25, 0.3) is 5.91 Å². The third-order valence-electron chi connectivity index (χ3n) is 5.05. The summed E-state index contributed by atoms with van der Waals surface area (Å²) in [4.78, 5) is 27.3. The largest absolute Gasteiger partial charge is 0.496 e. The molecule has 0 unspecified atom stereocenters. The fraction of sp³-hybridized carbons (Fsp3) is 0.364. The van der Waals surface area contributed by atoms with Gasteiger partial charge in [-0.3, -0.25) is 4.79 Å². The lowest BCUT2D eigenvalue weighted by atomic mass is 10.1. The third kappa shape index (κ3) is 5.16. The van der Waals surface area contributed by atoms with Gasteiger partial charge in [0.2, 0.25) is 0 Å². The fourth-order valence-corrected chi connectivity index (χ4v) is 3.49. The van der Waals surface area contributed by atoms with E-state index in [1.54, 1.807) is 0 Å². The van der Waals surface area contributed by atoms with Gasteiger partial charge in [-0.15, -0.1) is 0 Å². The van der Waals surface area contributed by atoms with Crippen molar-refractivity contribution in [3.63, 3.8) is 0 Å². The van der Waals surface area contributed by atoms with Crippen LogP contribution >= 0.6 is 11.6 Å². The average Bonchev–Trinajstić information content (AvgIpc) is 2.76. The van der Waals surface area contributed by atoms with Crippen molar-refractivity contribution in [3.05, 3.63) is 47.0 Å². The Hall–Kier alpha value is -2.93. The summed E-state index contributed by atoms with van der Waals surface area (Å²) in [6.07, 6.45) is 2.66. The number of benzene rings is 2. The van der Waals surface area contributed by atoms with Gasteiger partial charge < -0.3 is 25.4 Å². The van der Waals surface area contributed by atoms with Gasteiger partial charge in [0.05, 0.1) is 17.8 Å². The molecular weight excluding hydrogens is 406 g/mol. The van der Waals surface area contributed by atoms with Crippen LogP contribution in [0.15, 0.2) is 36.4 Å². The normalized spacial score (nSPS) is 14.7. The monoisotopic (exact) mass is 431 g/mol. The average molecular weight is 432 g/mol. The van der Waals surface area contributed by atoms with Crippen molar-refractivity contribution in [1.29, 1.82) is 0 Å². The SMILES string of the molecule is COc1cc(N)c(Cl)cc1C(=O)O[C@@H](C)C(=O)Nc1ccc(N2CCCCC2)cc1. The van der Waals surface area contributed by atoms with Crippen LogP contribution in [0, 0.1) is 0 Å². The van der Waals surface area contributed by atoms with E-state index >= 15 is 0 Å². The molecule has 3 rings (SSSR count). The van der Waals surface area contributed by atoms with E-state index in [0.29, 0.717) is 5.69 Å². The molecule has 1 atom stereocenters. The zero-order valence-corrected chi connectivity index (χ0v) is 17.9. The highest BCUT2D eigenvalue weighted by atomic mass is 35.5. The van der Waals surface area contributed by atoms with Crippen molar-refractivity contribution in [2.24, 2.45) is 0 Å². The van der Waals surface area contributed by atoms with E-state index in [4.69, 9.17) is 26.8 Å². The van der Waals surface area contributed by atoms with Crippen molar-refractivity contribution in [1.82, 2.24) is 0 Å². The van der Waals surface area contributed by atoms with Crippen LogP contribution in [0.4, 0.5) is 17.1 Å². The highest BCUT2D eigenvalue weighted by Gasteiger charge is 2.23. The maximum Gasteiger partial charge on any atom is 0.342 e. The molecule has 0 aromatic heterocycles. The molecule has 1 amide bonds. The maximum absolute atomic E-state index is 12.5. The van der Waals surface area contributed by atoms with Crippen LogP contribution in [0.1, 0.15) is 36.5 Å². The number of carbonyl (C=O) groups is 2. The van der Waals surface area contributed by atoms with Gasteiger partial charge in [-0.25, -0.2) is 4.79 Å². The van der Waals surface area contributed by atoms with Gasteiger partial charge >= 0.3 is 5.97 Å². The van der Waals surface area contributed by atoms with Crippen LogP contribution in [-0.4, -0.2) is 38.2 Å². The quantitative estimate of drug-likeness (QED) is 0.528. The Morgan fingerprint density at radius 3 is 2.43 bits per heavy atom. The number of anilines is 3. The highest BCUT2D eigenvalue weighted by Crippen LogP contribution is 2.29. The molecule has 3 N–H and O–H groups in total. The van der Waals surface area contributed by atoms with Crippen molar-refractivity contribution >= 4 is 40.5 Å². The zero-order valence-electron chi connectivity index (χ0n) is 17.1. The lowest BCUT2D eigenvalue weighted by molar-refractivity contribution is -0.123. The molecule has 0 saturated carbocycles. The number of halogens is 1. The van der Waals surface area contributed by atoms with Crippen LogP contribution in [0.25, 0.3) is 0 Å². The predicted molar refractivity (Wildman–Crippen MR) is 118 cm³/mol. The van der Waals surface area contributed by atoms with E-state index < -0.39 is 18.0 Å². The molecule has 1 fully saturated rings. The molecule has 0 bridgehead atoms. The van der Waals surface area contributed by atoms with Crippen LogP contribution in [0.3, 0.4) is 0 Å². The van der Waals surface area contributed by atoms with Crippen molar-refractivity contribution < 1.29 is 19.1 Å². The molecule has 160 valence electrons. The number of nitrogens with two attached hydrogens (primary N) is 1. The van der Waals surface area contributed by atoms with E-state index in [9.17, 15) is 9.59 Å². The van der Waals surface area contributed by atoms with Gasteiger partial charge in [-0.2, -0.15) is 0 Å². The second-order valence-electron chi connectivity index (χ2n) is 7.21. The van der Waals surface area contributed by atoms with Gasteiger partial charge in [-0.1, -0.05) is 11.6 Å². The molecule has 0 spiro atoms. The molecule has 1 saturated heterocycles. The first-order chi connectivity index (χ1) is 14.4. The molecule has 7 nitrogen and oxygen atoms in total. The number of nitrogens with zero attached hydrogens (tertiary/aromatic N) is 1. The van der Waals surface area contributed by atoms with E-state index in [2.05, 4.69) is 10.2 Å². The summed E-state index contributed by atoms with van der Waals surface area (Å²) in [5.74, 6) is -0.936. The Balaban J connectivity index is 1.60. The van der Waals surface area contributed by atoms with Gasteiger partial charge in [0.1, 0.15) is 11.3 Å². The second kappa shape index (κ2) is 9.71. The van der Waals surface area contributed by atoms with E-state index in [1.165, 1.54) is 45.4 Å². The Labute approximate surface area is 181 Å². The molecule has 0 radical (unpaired) electrons. The minimum atomic E-state index is -1.01. The summed E-state index contributed by atoms with van der Waals surface area (Å²) in [6.45, 7) is 3.61. The number of carbonyl (C=O) groups excluding carboxylic acids is 2. The number of piperidine rings is 1.